The van der Waals surface area contributed by atoms with Gasteiger partial charge in [0.05, 0.1) is 13.7 Å². The van der Waals surface area contributed by atoms with E-state index >= 15 is 0 Å². The zero-order chi connectivity index (χ0) is 23.6. The molecule has 0 unspecified atom stereocenters. The molecular formula is C27H38N2O4. The summed E-state index contributed by atoms with van der Waals surface area (Å²) in [6.45, 7) is 7.95. The smallest absolute Gasteiger partial charge is 0.254 e. The second-order valence-corrected chi connectivity index (χ2v) is 8.98. The van der Waals surface area contributed by atoms with Gasteiger partial charge in [0.2, 0.25) is 0 Å². The van der Waals surface area contributed by atoms with E-state index in [1.807, 2.05) is 17.0 Å². The summed E-state index contributed by atoms with van der Waals surface area (Å²) in [5.74, 6) is 2.17. The van der Waals surface area contributed by atoms with Crippen molar-refractivity contribution in [1.82, 2.24) is 10.2 Å². The summed E-state index contributed by atoms with van der Waals surface area (Å²) in [4.78, 5) is 15.5. The fourth-order valence-electron chi connectivity index (χ4n) is 4.41. The number of nitrogens with one attached hydrogen (secondary N) is 1. The number of hydrogen-bond acceptors (Lipinski definition) is 5. The van der Waals surface area contributed by atoms with Crippen molar-refractivity contribution in [1.29, 1.82) is 0 Å². The van der Waals surface area contributed by atoms with Crippen LogP contribution in [0.3, 0.4) is 0 Å². The van der Waals surface area contributed by atoms with Gasteiger partial charge < -0.3 is 24.4 Å². The predicted molar refractivity (Wildman–Crippen MR) is 131 cm³/mol. The van der Waals surface area contributed by atoms with Crippen molar-refractivity contribution in [2.75, 3.05) is 47.1 Å². The Morgan fingerprint density at radius 3 is 2.48 bits per heavy atom. The molecule has 6 heteroatoms. The van der Waals surface area contributed by atoms with Crippen LogP contribution in [0, 0.1) is 11.8 Å². The van der Waals surface area contributed by atoms with Crippen molar-refractivity contribution in [3.05, 3.63) is 59.7 Å². The number of carbonyl (C=O) groups excluding carboxylic acids is 1. The molecule has 2 aromatic carbocycles. The maximum absolute atomic E-state index is 13.6. The van der Waals surface area contributed by atoms with Gasteiger partial charge in [-0.15, -0.1) is 0 Å². The SMILES string of the molecule is COCCCOc1cc(C(=O)N(C[C@H]2CNC[C@H]2Cc2ccccc2)C(C)C)ccc1OC. The molecule has 1 fully saturated rings. The van der Waals surface area contributed by atoms with Crippen LogP contribution in [0.1, 0.15) is 36.2 Å². The van der Waals surface area contributed by atoms with Gasteiger partial charge in [-0.1, -0.05) is 30.3 Å². The highest BCUT2D eigenvalue weighted by Gasteiger charge is 2.31. The normalized spacial score (nSPS) is 17.8. The standard InChI is InChI=1S/C27H38N2O4/c1-20(2)29(19-24-18-28-17-23(24)15-21-9-6-5-7-10-21)27(30)22-11-12-25(32-4)26(16-22)33-14-8-13-31-3/h5-7,9-12,16,20,23-24,28H,8,13-15,17-19H2,1-4H3/t23-,24-/m1/s1. The van der Waals surface area contributed by atoms with E-state index in [-0.39, 0.29) is 11.9 Å². The first-order chi connectivity index (χ1) is 16.0. The largest absolute Gasteiger partial charge is 0.493 e. The van der Waals surface area contributed by atoms with Gasteiger partial charge >= 0.3 is 0 Å². The summed E-state index contributed by atoms with van der Waals surface area (Å²) in [6, 6.07) is 16.2. The first kappa shape index (κ1) is 25.1. The Labute approximate surface area is 198 Å². The van der Waals surface area contributed by atoms with Crippen LogP contribution in [0.5, 0.6) is 11.5 Å². The molecule has 1 aliphatic heterocycles. The number of rotatable bonds is 12. The molecule has 0 radical (unpaired) electrons. The van der Waals surface area contributed by atoms with Crippen molar-refractivity contribution in [3.63, 3.8) is 0 Å². The van der Waals surface area contributed by atoms with E-state index in [1.54, 1.807) is 20.3 Å². The van der Waals surface area contributed by atoms with E-state index < -0.39 is 0 Å². The lowest BCUT2D eigenvalue weighted by atomic mass is 9.89. The van der Waals surface area contributed by atoms with E-state index in [0.717, 1.165) is 32.5 Å². The number of methoxy groups -OCH3 is 2. The minimum atomic E-state index is 0.0276. The Balaban J connectivity index is 1.71. The van der Waals surface area contributed by atoms with Gasteiger partial charge in [-0.2, -0.15) is 0 Å². The van der Waals surface area contributed by atoms with E-state index in [2.05, 4.69) is 49.5 Å². The molecule has 6 nitrogen and oxygen atoms in total. The third-order valence-electron chi connectivity index (χ3n) is 6.30. The Morgan fingerprint density at radius 1 is 1.03 bits per heavy atom. The maximum atomic E-state index is 13.6. The van der Waals surface area contributed by atoms with Crippen molar-refractivity contribution < 1.29 is 19.0 Å². The average Bonchev–Trinajstić information content (AvgIpc) is 3.26. The molecule has 3 rings (SSSR count). The van der Waals surface area contributed by atoms with Crippen LogP contribution in [0.15, 0.2) is 48.5 Å². The lowest BCUT2D eigenvalue weighted by Gasteiger charge is -2.32. The van der Waals surface area contributed by atoms with Crippen LogP contribution in [-0.2, 0) is 11.2 Å². The van der Waals surface area contributed by atoms with Gasteiger partial charge in [0.1, 0.15) is 0 Å². The molecule has 0 aromatic heterocycles. The topological polar surface area (TPSA) is 60.0 Å². The van der Waals surface area contributed by atoms with Gasteiger partial charge in [0, 0.05) is 38.3 Å². The molecular weight excluding hydrogens is 416 g/mol. The van der Waals surface area contributed by atoms with Crippen molar-refractivity contribution in [3.8, 4) is 11.5 Å². The van der Waals surface area contributed by atoms with Crippen LogP contribution >= 0.6 is 0 Å². The second-order valence-electron chi connectivity index (χ2n) is 8.98. The first-order valence-electron chi connectivity index (χ1n) is 11.9. The number of ether oxygens (including phenoxy) is 3. The lowest BCUT2D eigenvalue weighted by molar-refractivity contribution is 0.0661. The third-order valence-corrected chi connectivity index (χ3v) is 6.30. The Bertz CT molecular complexity index is 872. The van der Waals surface area contributed by atoms with Gasteiger partial charge in [0.25, 0.3) is 5.91 Å². The highest BCUT2D eigenvalue weighted by atomic mass is 16.5. The summed E-state index contributed by atoms with van der Waals surface area (Å²) < 4.78 is 16.4. The van der Waals surface area contributed by atoms with Gasteiger partial charge in [-0.25, -0.2) is 0 Å². The second kappa shape index (κ2) is 12.6. The Hall–Kier alpha value is -2.57. The molecule has 0 spiro atoms. The number of carbonyl (C=O) groups is 1. The third kappa shape index (κ3) is 6.95. The highest BCUT2D eigenvalue weighted by Crippen LogP contribution is 2.30. The number of benzene rings is 2. The zero-order valence-corrected chi connectivity index (χ0v) is 20.4. The molecule has 1 amide bonds. The van der Waals surface area contributed by atoms with Gasteiger partial charge in [-0.3, -0.25) is 4.79 Å². The van der Waals surface area contributed by atoms with Gasteiger partial charge in [0.15, 0.2) is 11.5 Å². The van der Waals surface area contributed by atoms with Gasteiger partial charge in [-0.05, 0) is 69.0 Å². The molecule has 2 aromatic rings. The molecule has 1 aliphatic rings. The Morgan fingerprint density at radius 2 is 1.79 bits per heavy atom. The molecule has 1 heterocycles. The number of hydrogen-bond donors (Lipinski definition) is 1. The molecule has 180 valence electrons. The highest BCUT2D eigenvalue weighted by molar-refractivity contribution is 5.95. The quantitative estimate of drug-likeness (QED) is 0.491. The van der Waals surface area contributed by atoms with Crippen LogP contribution < -0.4 is 14.8 Å². The molecule has 0 aliphatic carbocycles. The van der Waals surface area contributed by atoms with E-state index in [4.69, 9.17) is 14.2 Å². The molecule has 2 atom stereocenters. The summed E-state index contributed by atoms with van der Waals surface area (Å²) in [7, 11) is 3.28. The number of nitrogens with zero attached hydrogens (tertiary/aromatic N) is 1. The predicted octanol–water partition coefficient (Wildman–Crippen LogP) is 4.04. The van der Waals surface area contributed by atoms with Crippen molar-refractivity contribution in [2.24, 2.45) is 11.8 Å². The summed E-state index contributed by atoms with van der Waals surface area (Å²) in [5, 5.41) is 3.54. The lowest BCUT2D eigenvalue weighted by Crippen LogP contribution is -2.42. The molecule has 1 N–H and O–H groups in total. The Kier molecular flexibility index (Phi) is 9.58. The van der Waals surface area contributed by atoms with E-state index in [9.17, 15) is 4.79 Å². The number of amides is 1. The molecule has 1 saturated heterocycles. The zero-order valence-electron chi connectivity index (χ0n) is 20.4. The first-order valence-corrected chi connectivity index (χ1v) is 11.9. The molecule has 0 saturated carbocycles. The summed E-state index contributed by atoms with van der Waals surface area (Å²) in [5.41, 5.74) is 1.97. The van der Waals surface area contributed by atoms with Crippen LogP contribution in [0.25, 0.3) is 0 Å². The molecule has 0 bridgehead atoms. The van der Waals surface area contributed by atoms with Crippen LogP contribution in [0.4, 0.5) is 0 Å². The molecule has 33 heavy (non-hydrogen) atoms. The summed E-state index contributed by atoms with van der Waals surface area (Å²) in [6.07, 6.45) is 1.80. The fraction of sp³-hybridized carbons (Fsp3) is 0.519. The van der Waals surface area contributed by atoms with Crippen molar-refractivity contribution >= 4 is 5.91 Å². The summed E-state index contributed by atoms with van der Waals surface area (Å²) >= 11 is 0. The monoisotopic (exact) mass is 454 g/mol. The fourth-order valence-corrected chi connectivity index (χ4v) is 4.41. The maximum Gasteiger partial charge on any atom is 0.254 e. The van der Waals surface area contributed by atoms with Crippen LogP contribution in [0.2, 0.25) is 0 Å². The average molecular weight is 455 g/mol. The minimum Gasteiger partial charge on any atom is -0.493 e. The minimum absolute atomic E-state index is 0.0276. The van der Waals surface area contributed by atoms with Crippen molar-refractivity contribution in [2.45, 2.75) is 32.7 Å². The van der Waals surface area contributed by atoms with Crippen LogP contribution in [-0.4, -0.2) is 63.9 Å². The van der Waals surface area contributed by atoms with E-state index in [1.165, 1.54) is 5.56 Å². The van der Waals surface area contributed by atoms with E-state index in [0.29, 0.717) is 42.1 Å².